The van der Waals surface area contributed by atoms with Gasteiger partial charge in [-0.2, -0.15) is 0 Å². The Balaban J connectivity index is 1.91. The average molecular weight is 373 g/mol. The van der Waals surface area contributed by atoms with Crippen molar-refractivity contribution in [1.29, 1.82) is 0 Å². The molecule has 0 unspecified atom stereocenters. The van der Waals surface area contributed by atoms with Gasteiger partial charge >= 0.3 is 0 Å². The van der Waals surface area contributed by atoms with Crippen LogP contribution in [-0.4, -0.2) is 41.8 Å². The van der Waals surface area contributed by atoms with Crippen molar-refractivity contribution in [3.63, 3.8) is 0 Å². The standard InChI is InChI=1S/C21H31N3O3/c1-14(2)22-18(25)15-10-12-24(13-11-15)19(26)16-6-8-17(9-7-16)23-20(27)21(3,4)5/h6-9,14-15H,10-13H2,1-5H3,(H,22,25)(H,23,27). The quantitative estimate of drug-likeness (QED) is 0.851. The van der Waals surface area contributed by atoms with Gasteiger partial charge in [0.2, 0.25) is 11.8 Å². The fourth-order valence-corrected chi connectivity index (χ4v) is 2.94. The molecule has 27 heavy (non-hydrogen) atoms. The number of piperidine rings is 1. The topological polar surface area (TPSA) is 78.5 Å². The lowest BCUT2D eigenvalue weighted by Crippen LogP contribution is -2.44. The molecule has 1 aliphatic rings. The van der Waals surface area contributed by atoms with Crippen LogP contribution in [0.25, 0.3) is 0 Å². The van der Waals surface area contributed by atoms with Gasteiger partial charge in [-0.3, -0.25) is 14.4 Å². The van der Waals surface area contributed by atoms with E-state index in [1.54, 1.807) is 29.2 Å². The van der Waals surface area contributed by atoms with Crippen LogP contribution in [-0.2, 0) is 9.59 Å². The second kappa shape index (κ2) is 8.55. The maximum absolute atomic E-state index is 12.7. The zero-order chi connectivity index (χ0) is 20.2. The Morgan fingerprint density at radius 1 is 1.04 bits per heavy atom. The Bertz CT molecular complexity index is 682. The van der Waals surface area contributed by atoms with Gasteiger partial charge in [0.25, 0.3) is 5.91 Å². The number of carbonyl (C=O) groups is 3. The van der Waals surface area contributed by atoms with Gasteiger partial charge in [0, 0.05) is 41.7 Å². The number of likely N-dealkylation sites (tertiary alicyclic amines) is 1. The normalized spacial score (nSPS) is 15.6. The summed E-state index contributed by atoms with van der Waals surface area (Å²) in [5, 5.41) is 5.80. The molecule has 2 N–H and O–H groups in total. The van der Waals surface area contributed by atoms with Crippen molar-refractivity contribution >= 4 is 23.4 Å². The largest absolute Gasteiger partial charge is 0.354 e. The number of benzene rings is 1. The van der Waals surface area contributed by atoms with Crippen LogP contribution in [0.15, 0.2) is 24.3 Å². The minimum Gasteiger partial charge on any atom is -0.354 e. The zero-order valence-electron chi connectivity index (χ0n) is 17.0. The van der Waals surface area contributed by atoms with Crippen molar-refractivity contribution in [3.05, 3.63) is 29.8 Å². The molecule has 1 heterocycles. The summed E-state index contributed by atoms with van der Waals surface area (Å²) in [5.41, 5.74) is 0.796. The maximum Gasteiger partial charge on any atom is 0.253 e. The SMILES string of the molecule is CC(C)NC(=O)C1CCN(C(=O)c2ccc(NC(=O)C(C)(C)C)cc2)CC1. The monoisotopic (exact) mass is 373 g/mol. The summed E-state index contributed by atoms with van der Waals surface area (Å²) in [7, 11) is 0. The first-order valence-corrected chi connectivity index (χ1v) is 9.59. The fraction of sp³-hybridized carbons (Fsp3) is 0.571. The maximum atomic E-state index is 12.7. The Labute approximate surface area is 161 Å². The minimum absolute atomic E-state index is 0.0218. The third-order valence-corrected chi connectivity index (χ3v) is 4.65. The fourth-order valence-electron chi connectivity index (χ4n) is 2.94. The molecule has 2 rings (SSSR count). The molecule has 0 atom stereocenters. The summed E-state index contributed by atoms with van der Waals surface area (Å²) in [5.74, 6) is -0.0442. The van der Waals surface area contributed by atoms with Crippen LogP contribution >= 0.6 is 0 Å². The lowest BCUT2D eigenvalue weighted by Gasteiger charge is -2.31. The number of anilines is 1. The van der Waals surface area contributed by atoms with E-state index in [1.807, 2.05) is 34.6 Å². The Morgan fingerprint density at radius 3 is 2.07 bits per heavy atom. The summed E-state index contributed by atoms with van der Waals surface area (Å²) < 4.78 is 0. The van der Waals surface area contributed by atoms with Gasteiger partial charge in [-0.05, 0) is 51.0 Å². The van der Waals surface area contributed by atoms with E-state index in [-0.39, 0.29) is 29.7 Å². The number of nitrogens with one attached hydrogen (secondary N) is 2. The van der Waals surface area contributed by atoms with Crippen molar-refractivity contribution in [2.75, 3.05) is 18.4 Å². The van der Waals surface area contributed by atoms with Gasteiger partial charge in [-0.25, -0.2) is 0 Å². The number of hydrogen-bond acceptors (Lipinski definition) is 3. The highest BCUT2D eigenvalue weighted by molar-refractivity contribution is 5.97. The molecule has 1 aromatic rings. The van der Waals surface area contributed by atoms with Crippen molar-refractivity contribution < 1.29 is 14.4 Å². The molecule has 1 aliphatic heterocycles. The first-order valence-electron chi connectivity index (χ1n) is 9.59. The molecule has 148 valence electrons. The Morgan fingerprint density at radius 2 is 1.59 bits per heavy atom. The summed E-state index contributed by atoms with van der Waals surface area (Å²) in [6.07, 6.45) is 1.37. The first kappa shape index (κ1) is 20.9. The molecule has 6 heteroatoms. The highest BCUT2D eigenvalue weighted by Crippen LogP contribution is 2.21. The molecule has 1 aromatic carbocycles. The van der Waals surface area contributed by atoms with Crippen LogP contribution in [0.4, 0.5) is 5.69 Å². The molecule has 0 spiro atoms. The number of nitrogens with zero attached hydrogens (tertiary/aromatic N) is 1. The Hall–Kier alpha value is -2.37. The van der Waals surface area contributed by atoms with Crippen LogP contribution in [0.5, 0.6) is 0 Å². The van der Waals surface area contributed by atoms with Crippen molar-refractivity contribution in [2.45, 2.75) is 53.5 Å². The van der Waals surface area contributed by atoms with Crippen LogP contribution in [0.1, 0.15) is 57.8 Å². The predicted octanol–water partition coefficient (Wildman–Crippen LogP) is 3.05. The molecular weight excluding hydrogens is 342 g/mol. The van der Waals surface area contributed by atoms with E-state index in [4.69, 9.17) is 0 Å². The summed E-state index contributed by atoms with van der Waals surface area (Å²) >= 11 is 0. The van der Waals surface area contributed by atoms with Gasteiger partial charge in [-0.15, -0.1) is 0 Å². The van der Waals surface area contributed by atoms with Gasteiger partial charge in [0.1, 0.15) is 0 Å². The second-order valence-electron chi connectivity index (χ2n) is 8.51. The average Bonchev–Trinajstić information content (AvgIpc) is 2.60. The highest BCUT2D eigenvalue weighted by Gasteiger charge is 2.28. The number of carbonyl (C=O) groups excluding carboxylic acids is 3. The van der Waals surface area contributed by atoms with E-state index in [2.05, 4.69) is 10.6 Å². The molecule has 1 fully saturated rings. The molecule has 0 aliphatic carbocycles. The molecule has 0 bridgehead atoms. The Kier molecular flexibility index (Phi) is 6.63. The van der Waals surface area contributed by atoms with E-state index < -0.39 is 5.41 Å². The zero-order valence-corrected chi connectivity index (χ0v) is 17.0. The van der Waals surface area contributed by atoms with Gasteiger partial charge in [0.15, 0.2) is 0 Å². The summed E-state index contributed by atoms with van der Waals surface area (Å²) in [6, 6.07) is 7.10. The summed E-state index contributed by atoms with van der Waals surface area (Å²) in [6.45, 7) is 10.6. The van der Waals surface area contributed by atoms with E-state index in [9.17, 15) is 14.4 Å². The van der Waals surface area contributed by atoms with Crippen LogP contribution in [0, 0.1) is 11.3 Å². The molecular formula is C21H31N3O3. The number of rotatable bonds is 4. The third-order valence-electron chi connectivity index (χ3n) is 4.65. The summed E-state index contributed by atoms with van der Waals surface area (Å²) in [4.78, 5) is 38.6. The van der Waals surface area contributed by atoms with Crippen molar-refractivity contribution in [2.24, 2.45) is 11.3 Å². The van der Waals surface area contributed by atoms with Crippen LogP contribution in [0.2, 0.25) is 0 Å². The van der Waals surface area contributed by atoms with Gasteiger partial charge in [0.05, 0.1) is 0 Å². The molecule has 3 amide bonds. The smallest absolute Gasteiger partial charge is 0.253 e. The van der Waals surface area contributed by atoms with E-state index in [0.717, 1.165) is 0 Å². The first-order chi connectivity index (χ1) is 12.6. The predicted molar refractivity (Wildman–Crippen MR) is 106 cm³/mol. The highest BCUT2D eigenvalue weighted by atomic mass is 16.2. The van der Waals surface area contributed by atoms with Crippen LogP contribution in [0.3, 0.4) is 0 Å². The number of hydrogen-bond donors (Lipinski definition) is 2. The van der Waals surface area contributed by atoms with Crippen molar-refractivity contribution in [3.8, 4) is 0 Å². The van der Waals surface area contributed by atoms with Gasteiger partial charge < -0.3 is 15.5 Å². The molecule has 0 saturated carbocycles. The van der Waals surface area contributed by atoms with E-state index in [0.29, 0.717) is 37.2 Å². The van der Waals surface area contributed by atoms with E-state index >= 15 is 0 Å². The number of amides is 3. The lowest BCUT2D eigenvalue weighted by molar-refractivity contribution is -0.126. The molecule has 1 saturated heterocycles. The minimum atomic E-state index is -0.472. The lowest BCUT2D eigenvalue weighted by atomic mass is 9.95. The van der Waals surface area contributed by atoms with Crippen LogP contribution < -0.4 is 10.6 Å². The van der Waals surface area contributed by atoms with Crippen molar-refractivity contribution in [1.82, 2.24) is 10.2 Å². The molecule has 0 aromatic heterocycles. The second-order valence-corrected chi connectivity index (χ2v) is 8.51. The molecule has 6 nitrogen and oxygen atoms in total. The van der Waals surface area contributed by atoms with Gasteiger partial charge in [-0.1, -0.05) is 20.8 Å². The van der Waals surface area contributed by atoms with E-state index in [1.165, 1.54) is 0 Å². The molecule has 0 radical (unpaired) electrons. The third kappa shape index (κ3) is 5.81.